The smallest absolute Gasteiger partial charge is 0.261 e. The highest BCUT2D eigenvalue weighted by atomic mass is 35.5. The van der Waals surface area contributed by atoms with Gasteiger partial charge < -0.3 is 9.26 Å². The summed E-state index contributed by atoms with van der Waals surface area (Å²) in [6, 6.07) is 8.89. The van der Waals surface area contributed by atoms with Crippen molar-refractivity contribution in [3.63, 3.8) is 0 Å². The molecule has 5 aromatic rings. The Morgan fingerprint density at radius 2 is 2.12 bits per heavy atom. The molecule has 0 aliphatic heterocycles. The molecule has 0 saturated heterocycles. The molecule has 0 unspecified atom stereocenters. The van der Waals surface area contributed by atoms with Gasteiger partial charge in [0.05, 0.1) is 29.7 Å². The molecule has 0 aromatic carbocycles. The van der Waals surface area contributed by atoms with Gasteiger partial charge in [0.15, 0.2) is 0 Å². The molecular weight excluding hydrogens is 436 g/mol. The van der Waals surface area contributed by atoms with Gasteiger partial charge in [-0.15, -0.1) is 5.10 Å². The van der Waals surface area contributed by atoms with E-state index in [4.69, 9.17) is 20.9 Å². The van der Waals surface area contributed by atoms with E-state index in [1.54, 1.807) is 40.0 Å². The third kappa shape index (κ3) is 4.16. The molecule has 0 saturated carbocycles. The standard InChI is InChI=1S/C19H15ClN10O2/c1-29-16(10-31-13-5-6-21-17(20)7-13)14(8-23-29)19-25-18(26-32-19)15-4-2-3-12(24-15)9-30-11-22-27-28-30/h2-8,11H,9-10H2,1H3. The number of halogens is 1. The second-order valence-corrected chi connectivity index (χ2v) is 7.06. The third-order valence-corrected chi connectivity index (χ3v) is 4.75. The highest BCUT2D eigenvalue weighted by Crippen LogP contribution is 2.26. The molecule has 12 nitrogen and oxygen atoms in total. The first kappa shape index (κ1) is 19.8. The average molecular weight is 451 g/mol. The van der Waals surface area contributed by atoms with Crippen molar-refractivity contribution in [3.8, 4) is 28.7 Å². The first-order chi connectivity index (χ1) is 15.7. The van der Waals surface area contributed by atoms with Crippen molar-refractivity contribution in [1.82, 2.24) is 50.1 Å². The monoisotopic (exact) mass is 450 g/mol. The lowest BCUT2D eigenvalue weighted by Crippen LogP contribution is -2.04. The average Bonchev–Trinajstić information content (AvgIpc) is 3.54. The minimum Gasteiger partial charge on any atom is -0.487 e. The Labute approximate surface area is 185 Å². The molecule has 160 valence electrons. The number of pyridine rings is 2. The van der Waals surface area contributed by atoms with Crippen LogP contribution in [0.1, 0.15) is 11.4 Å². The lowest BCUT2D eigenvalue weighted by Gasteiger charge is -2.07. The van der Waals surface area contributed by atoms with Crippen LogP contribution in [0.4, 0.5) is 0 Å². The predicted molar refractivity (Wildman–Crippen MR) is 110 cm³/mol. The Bertz CT molecular complexity index is 1350. The fraction of sp³-hybridized carbons (Fsp3) is 0.158. The Morgan fingerprint density at radius 3 is 2.97 bits per heavy atom. The SMILES string of the molecule is Cn1ncc(-c2nc(-c3cccc(Cn4cnnn4)n3)no2)c1COc1ccnc(Cl)c1. The number of hydrogen-bond donors (Lipinski definition) is 0. The van der Waals surface area contributed by atoms with E-state index >= 15 is 0 Å². The largest absolute Gasteiger partial charge is 0.487 e. The lowest BCUT2D eigenvalue weighted by atomic mass is 10.2. The van der Waals surface area contributed by atoms with Crippen molar-refractivity contribution in [2.75, 3.05) is 0 Å². The molecule has 0 aliphatic rings. The Hall–Kier alpha value is -4.19. The van der Waals surface area contributed by atoms with Crippen LogP contribution in [0.3, 0.4) is 0 Å². The van der Waals surface area contributed by atoms with Gasteiger partial charge in [0, 0.05) is 19.3 Å². The number of aryl methyl sites for hydroxylation is 1. The zero-order valence-corrected chi connectivity index (χ0v) is 17.5. The van der Waals surface area contributed by atoms with E-state index in [1.807, 2.05) is 19.2 Å². The van der Waals surface area contributed by atoms with Crippen LogP contribution in [-0.4, -0.2) is 50.1 Å². The minimum atomic E-state index is 0.226. The molecule has 0 spiro atoms. The number of hydrogen-bond acceptors (Lipinski definition) is 10. The maximum atomic E-state index is 5.92. The van der Waals surface area contributed by atoms with Crippen LogP contribution in [0, 0.1) is 0 Å². The second-order valence-electron chi connectivity index (χ2n) is 6.68. The topological polar surface area (TPSA) is 135 Å². The molecule has 0 atom stereocenters. The third-order valence-electron chi connectivity index (χ3n) is 4.54. The van der Waals surface area contributed by atoms with E-state index in [-0.39, 0.29) is 6.61 Å². The summed E-state index contributed by atoms with van der Waals surface area (Å²) in [6.07, 6.45) is 4.75. The van der Waals surface area contributed by atoms with Gasteiger partial charge in [-0.25, -0.2) is 14.6 Å². The number of aromatic nitrogens is 10. The predicted octanol–water partition coefficient (Wildman–Crippen LogP) is 2.19. The maximum Gasteiger partial charge on any atom is 0.261 e. The summed E-state index contributed by atoms with van der Waals surface area (Å²) in [5.41, 5.74) is 2.75. The van der Waals surface area contributed by atoms with Crippen molar-refractivity contribution in [2.45, 2.75) is 13.2 Å². The number of ether oxygens (including phenoxy) is 1. The van der Waals surface area contributed by atoms with Crippen molar-refractivity contribution >= 4 is 11.6 Å². The highest BCUT2D eigenvalue weighted by molar-refractivity contribution is 6.29. The molecule has 5 aromatic heterocycles. The van der Waals surface area contributed by atoms with Gasteiger partial charge in [-0.1, -0.05) is 22.8 Å². The zero-order valence-electron chi connectivity index (χ0n) is 16.7. The lowest BCUT2D eigenvalue weighted by molar-refractivity contribution is 0.294. The molecule has 32 heavy (non-hydrogen) atoms. The van der Waals surface area contributed by atoms with Crippen molar-refractivity contribution in [2.24, 2.45) is 7.05 Å². The van der Waals surface area contributed by atoms with Gasteiger partial charge in [0.1, 0.15) is 29.5 Å². The summed E-state index contributed by atoms with van der Waals surface area (Å²) in [6.45, 7) is 0.651. The van der Waals surface area contributed by atoms with Gasteiger partial charge in [-0.2, -0.15) is 10.1 Å². The molecule has 0 bridgehead atoms. The first-order valence-corrected chi connectivity index (χ1v) is 9.80. The molecule has 0 aliphatic carbocycles. The van der Waals surface area contributed by atoms with Crippen LogP contribution in [-0.2, 0) is 20.2 Å². The normalized spacial score (nSPS) is 11.1. The fourth-order valence-corrected chi connectivity index (χ4v) is 3.15. The van der Waals surface area contributed by atoms with E-state index in [2.05, 4.69) is 40.7 Å². The van der Waals surface area contributed by atoms with Crippen LogP contribution in [0.5, 0.6) is 5.75 Å². The van der Waals surface area contributed by atoms with E-state index in [0.29, 0.717) is 40.4 Å². The van der Waals surface area contributed by atoms with Gasteiger partial charge >= 0.3 is 0 Å². The van der Waals surface area contributed by atoms with E-state index < -0.39 is 0 Å². The number of rotatable bonds is 7. The maximum absolute atomic E-state index is 5.92. The fourth-order valence-electron chi connectivity index (χ4n) is 2.99. The summed E-state index contributed by atoms with van der Waals surface area (Å²) in [5, 5.41) is 19.8. The molecule has 5 rings (SSSR count). The summed E-state index contributed by atoms with van der Waals surface area (Å²) in [4.78, 5) is 13.0. The summed E-state index contributed by atoms with van der Waals surface area (Å²) in [7, 11) is 1.81. The minimum absolute atomic E-state index is 0.226. The molecule has 0 radical (unpaired) electrons. The van der Waals surface area contributed by atoms with Gasteiger partial charge in [0.2, 0.25) is 5.82 Å². The quantitative estimate of drug-likeness (QED) is 0.339. The first-order valence-electron chi connectivity index (χ1n) is 9.42. The molecule has 0 fully saturated rings. The number of tetrazole rings is 1. The van der Waals surface area contributed by atoms with Gasteiger partial charge in [0.25, 0.3) is 5.89 Å². The van der Waals surface area contributed by atoms with E-state index in [9.17, 15) is 0 Å². The van der Waals surface area contributed by atoms with Crippen molar-refractivity contribution < 1.29 is 9.26 Å². The Kier molecular flexibility index (Phi) is 5.25. The van der Waals surface area contributed by atoms with Gasteiger partial charge in [-0.05, 0) is 28.6 Å². The highest BCUT2D eigenvalue weighted by Gasteiger charge is 2.19. The van der Waals surface area contributed by atoms with Crippen molar-refractivity contribution in [1.29, 1.82) is 0 Å². The van der Waals surface area contributed by atoms with Crippen LogP contribution >= 0.6 is 11.6 Å². The van der Waals surface area contributed by atoms with Crippen LogP contribution < -0.4 is 4.74 Å². The Balaban J connectivity index is 1.37. The summed E-state index contributed by atoms with van der Waals surface area (Å²) >= 11 is 5.92. The molecule has 5 heterocycles. The van der Waals surface area contributed by atoms with Crippen LogP contribution in [0.25, 0.3) is 23.0 Å². The number of nitrogens with zero attached hydrogens (tertiary/aromatic N) is 10. The summed E-state index contributed by atoms with van der Waals surface area (Å²) < 4.78 is 14.6. The second kappa shape index (κ2) is 8.51. The van der Waals surface area contributed by atoms with Crippen molar-refractivity contribution in [3.05, 3.63) is 65.6 Å². The van der Waals surface area contributed by atoms with Crippen LogP contribution in [0.15, 0.2) is 53.6 Å². The van der Waals surface area contributed by atoms with E-state index in [0.717, 1.165) is 11.4 Å². The van der Waals surface area contributed by atoms with Crippen LogP contribution in [0.2, 0.25) is 5.15 Å². The van der Waals surface area contributed by atoms with Gasteiger partial charge in [-0.3, -0.25) is 4.68 Å². The van der Waals surface area contributed by atoms with E-state index in [1.165, 1.54) is 6.33 Å². The summed E-state index contributed by atoms with van der Waals surface area (Å²) in [5.74, 6) is 1.26. The zero-order chi connectivity index (χ0) is 21.9. The Morgan fingerprint density at radius 1 is 1.19 bits per heavy atom. The molecule has 0 N–H and O–H groups in total. The molecular formula is C19H15ClN10O2. The molecule has 0 amide bonds. The molecule has 13 heteroatoms.